The Morgan fingerprint density at radius 3 is 2.11 bits per heavy atom. The van der Waals surface area contributed by atoms with Gasteiger partial charge in [0.15, 0.2) is 0 Å². The molecular weight excluding hydrogens is 112 g/mol. The van der Waals surface area contributed by atoms with E-state index in [4.69, 9.17) is 5.73 Å². The fraction of sp³-hybridized carbons (Fsp3) is 0.429. The van der Waals surface area contributed by atoms with Gasteiger partial charge in [0.2, 0.25) is 0 Å². The maximum Gasteiger partial charge on any atom is 0.103 e. The van der Waals surface area contributed by atoms with Crippen LogP contribution in [0.1, 0.15) is 11.3 Å². The van der Waals surface area contributed by atoms with Gasteiger partial charge in [-0.2, -0.15) is 0 Å². The van der Waals surface area contributed by atoms with Crippen molar-refractivity contribution in [1.82, 2.24) is 4.57 Å². The Morgan fingerprint density at radius 1 is 1.44 bits per heavy atom. The van der Waals surface area contributed by atoms with Gasteiger partial charge in [0, 0.05) is 12.7 Å². The minimum Gasteiger partial charge on any atom is -0.385 e. The Labute approximate surface area is 55.3 Å². The Bertz CT molecular complexity index is 201. The Morgan fingerprint density at radius 2 is 2.00 bits per heavy atom. The van der Waals surface area contributed by atoms with Gasteiger partial charge in [0.25, 0.3) is 0 Å². The number of aryl methyl sites for hydroxylation is 1. The summed E-state index contributed by atoms with van der Waals surface area (Å²) in [5, 5.41) is 0. The minimum atomic E-state index is 0.838. The van der Waals surface area contributed by atoms with Gasteiger partial charge in [-0.15, -0.1) is 0 Å². The van der Waals surface area contributed by atoms with E-state index in [0.29, 0.717) is 0 Å². The highest BCUT2D eigenvalue weighted by Gasteiger charge is 1.99. The number of nitrogens with two attached hydrogens (primary N) is 1. The number of nitrogen functional groups attached to an aromatic ring is 1. The van der Waals surface area contributed by atoms with Gasteiger partial charge in [-0.05, 0) is 25.5 Å². The normalized spacial score (nSPS) is 10.1. The fourth-order valence-corrected chi connectivity index (χ4v) is 0.881. The summed E-state index contributed by atoms with van der Waals surface area (Å²) in [5.74, 6) is 0.838. The number of anilines is 1. The Balaban J connectivity index is 3.29. The molecule has 0 amide bonds. The first-order valence-corrected chi connectivity index (χ1v) is 3.01. The molecule has 0 aliphatic carbocycles. The highest BCUT2D eigenvalue weighted by Crippen LogP contribution is 2.12. The SMILES string of the molecule is Cc1cc(N)n(C)c1C. The lowest BCUT2D eigenvalue weighted by atomic mass is 10.3. The molecule has 2 N–H and O–H groups in total. The van der Waals surface area contributed by atoms with Crippen molar-refractivity contribution in [3.63, 3.8) is 0 Å². The molecule has 2 nitrogen and oxygen atoms in total. The average Bonchev–Trinajstić information content (AvgIpc) is 1.98. The lowest BCUT2D eigenvalue weighted by Crippen LogP contribution is -1.96. The van der Waals surface area contributed by atoms with E-state index in [9.17, 15) is 0 Å². The second-order valence-electron chi connectivity index (χ2n) is 2.40. The van der Waals surface area contributed by atoms with Crippen molar-refractivity contribution in [3.05, 3.63) is 17.3 Å². The van der Waals surface area contributed by atoms with Crippen molar-refractivity contribution in [2.24, 2.45) is 7.05 Å². The van der Waals surface area contributed by atoms with Crippen LogP contribution in [0, 0.1) is 13.8 Å². The number of hydrogen-bond donors (Lipinski definition) is 1. The molecule has 1 rings (SSSR count). The third-order valence-electron chi connectivity index (χ3n) is 1.83. The van der Waals surface area contributed by atoms with Crippen LogP contribution in [0.2, 0.25) is 0 Å². The van der Waals surface area contributed by atoms with Crippen LogP contribution in [0.4, 0.5) is 5.82 Å². The Hall–Kier alpha value is -0.920. The topological polar surface area (TPSA) is 30.9 Å². The van der Waals surface area contributed by atoms with Crippen LogP contribution in [0.25, 0.3) is 0 Å². The fourth-order valence-electron chi connectivity index (χ4n) is 0.881. The minimum absolute atomic E-state index is 0.838. The summed E-state index contributed by atoms with van der Waals surface area (Å²) in [6, 6.07) is 1.98. The van der Waals surface area contributed by atoms with Crippen molar-refractivity contribution >= 4 is 5.82 Å². The molecule has 0 radical (unpaired) electrons. The molecule has 0 saturated heterocycles. The van der Waals surface area contributed by atoms with Gasteiger partial charge in [-0.25, -0.2) is 0 Å². The first kappa shape index (κ1) is 6.20. The van der Waals surface area contributed by atoms with E-state index in [1.54, 1.807) is 0 Å². The monoisotopic (exact) mass is 124 g/mol. The molecule has 1 heterocycles. The number of rotatable bonds is 0. The third-order valence-corrected chi connectivity index (χ3v) is 1.83. The van der Waals surface area contributed by atoms with E-state index in [0.717, 1.165) is 5.82 Å². The average molecular weight is 124 g/mol. The molecule has 1 aromatic heterocycles. The van der Waals surface area contributed by atoms with Gasteiger partial charge in [0.1, 0.15) is 5.82 Å². The third kappa shape index (κ3) is 0.803. The van der Waals surface area contributed by atoms with Crippen LogP contribution in [0.5, 0.6) is 0 Å². The molecule has 0 saturated carbocycles. The van der Waals surface area contributed by atoms with Crippen molar-refractivity contribution in [2.45, 2.75) is 13.8 Å². The van der Waals surface area contributed by atoms with Crippen LogP contribution in [0.15, 0.2) is 6.07 Å². The standard InChI is InChI=1S/C7H12N2/c1-5-4-7(8)9(3)6(5)2/h4H,8H2,1-3H3. The van der Waals surface area contributed by atoms with Crippen LogP contribution in [-0.2, 0) is 7.05 Å². The van der Waals surface area contributed by atoms with E-state index in [-0.39, 0.29) is 0 Å². The predicted molar refractivity (Wildman–Crippen MR) is 39.3 cm³/mol. The largest absolute Gasteiger partial charge is 0.385 e. The molecule has 0 bridgehead atoms. The Kier molecular flexibility index (Phi) is 1.24. The van der Waals surface area contributed by atoms with E-state index in [1.807, 2.05) is 17.7 Å². The van der Waals surface area contributed by atoms with Gasteiger partial charge in [-0.3, -0.25) is 0 Å². The zero-order valence-corrected chi connectivity index (χ0v) is 6.10. The molecule has 2 heteroatoms. The van der Waals surface area contributed by atoms with Gasteiger partial charge < -0.3 is 10.3 Å². The van der Waals surface area contributed by atoms with Crippen LogP contribution < -0.4 is 5.73 Å². The molecule has 9 heavy (non-hydrogen) atoms. The second kappa shape index (κ2) is 1.79. The molecule has 0 aromatic carbocycles. The molecule has 0 spiro atoms. The first-order chi connectivity index (χ1) is 4.13. The molecule has 0 aliphatic heterocycles. The lowest BCUT2D eigenvalue weighted by molar-refractivity contribution is 0.889. The summed E-state index contributed by atoms with van der Waals surface area (Å²) in [7, 11) is 1.97. The molecule has 0 fully saturated rings. The molecule has 0 atom stereocenters. The zero-order valence-electron chi connectivity index (χ0n) is 6.10. The van der Waals surface area contributed by atoms with Crippen LogP contribution >= 0.6 is 0 Å². The van der Waals surface area contributed by atoms with Crippen molar-refractivity contribution in [2.75, 3.05) is 5.73 Å². The second-order valence-corrected chi connectivity index (χ2v) is 2.40. The number of aromatic nitrogens is 1. The van der Waals surface area contributed by atoms with Crippen molar-refractivity contribution < 1.29 is 0 Å². The summed E-state index contributed by atoms with van der Waals surface area (Å²) in [6.45, 7) is 4.12. The molecule has 50 valence electrons. The van der Waals surface area contributed by atoms with E-state index in [2.05, 4.69) is 13.8 Å². The van der Waals surface area contributed by atoms with Gasteiger partial charge in [-0.1, -0.05) is 0 Å². The smallest absolute Gasteiger partial charge is 0.103 e. The highest BCUT2D eigenvalue weighted by molar-refractivity contribution is 5.39. The first-order valence-electron chi connectivity index (χ1n) is 3.01. The van der Waals surface area contributed by atoms with E-state index in [1.165, 1.54) is 11.3 Å². The predicted octanol–water partition coefficient (Wildman–Crippen LogP) is 1.22. The van der Waals surface area contributed by atoms with Crippen LogP contribution in [-0.4, -0.2) is 4.57 Å². The van der Waals surface area contributed by atoms with Crippen LogP contribution in [0.3, 0.4) is 0 Å². The summed E-state index contributed by atoms with van der Waals surface area (Å²) >= 11 is 0. The maximum atomic E-state index is 5.60. The molecular formula is C7H12N2. The summed E-state index contributed by atoms with van der Waals surface area (Å²) in [4.78, 5) is 0. The van der Waals surface area contributed by atoms with E-state index >= 15 is 0 Å². The lowest BCUT2D eigenvalue weighted by Gasteiger charge is -1.97. The molecule has 0 aliphatic rings. The number of hydrogen-bond acceptors (Lipinski definition) is 1. The zero-order chi connectivity index (χ0) is 7.02. The van der Waals surface area contributed by atoms with E-state index < -0.39 is 0 Å². The molecule has 1 aromatic rings. The maximum absolute atomic E-state index is 5.60. The van der Waals surface area contributed by atoms with Crippen molar-refractivity contribution in [3.8, 4) is 0 Å². The number of nitrogens with zero attached hydrogens (tertiary/aromatic N) is 1. The van der Waals surface area contributed by atoms with Gasteiger partial charge >= 0.3 is 0 Å². The quantitative estimate of drug-likeness (QED) is 0.554. The highest BCUT2D eigenvalue weighted by atomic mass is 15.0. The summed E-state index contributed by atoms with van der Waals surface area (Å²) in [5.41, 5.74) is 8.11. The van der Waals surface area contributed by atoms with Crippen molar-refractivity contribution in [1.29, 1.82) is 0 Å². The molecule has 0 unspecified atom stereocenters. The van der Waals surface area contributed by atoms with Gasteiger partial charge in [0.05, 0.1) is 0 Å². The summed E-state index contributed by atoms with van der Waals surface area (Å²) < 4.78 is 1.98. The summed E-state index contributed by atoms with van der Waals surface area (Å²) in [6.07, 6.45) is 0.